The van der Waals surface area contributed by atoms with Crippen molar-refractivity contribution in [1.29, 1.82) is 0 Å². The van der Waals surface area contributed by atoms with Crippen LogP contribution in [0.1, 0.15) is 36.0 Å². The Kier molecular flexibility index (Phi) is 5.16. The van der Waals surface area contributed by atoms with Crippen molar-refractivity contribution in [2.45, 2.75) is 49.2 Å². The van der Waals surface area contributed by atoms with Gasteiger partial charge in [0.25, 0.3) is 5.91 Å². The number of hydrogen-bond donors (Lipinski definition) is 2. The highest BCUT2D eigenvalue weighted by atomic mass is 32.2. The molecule has 0 spiro atoms. The Morgan fingerprint density at radius 3 is 2.79 bits per heavy atom. The second kappa shape index (κ2) is 8.46. The number of fused-ring (bicyclic) bond motifs is 6. The van der Waals surface area contributed by atoms with Gasteiger partial charge in [-0.15, -0.1) is 0 Å². The molecule has 3 N–H and O–H groups in total. The first-order valence-electron chi connectivity index (χ1n) is 13.9. The van der Waals surface area contributed by atoms with Crippen LogP contribution in [0, 0.1) is 17.7 Å². The molecular formula is C29H31FN6O2S. The van der Waals surface area contributed by atoms with Crippen molar-refractivity contribution < 1.29 is 13.7 Å². The van der Waals surface area contributed by atoms with Crippen molar-refractivity contribution in [3.8, 4) is 11.5 Å². The molecule has 2 saturated carbocycles. The molecule has 4 aliphatic rings. The molecule has 4 atom stereocenters. The van der Waals surface area contributed by atoms with E-state index in [0.717, 1.165) is 46.6 Å². The van der Waals surface area contributed by atoms with Gasteiger partial charge in [-0.1, -0.05) is 0 Å². The van der Waals surface area contributed by atoms with Gasteiger partial charge in [0.1, 0.15) is 22.8 Å². The van der Waals surface area contributed by atoms with E-state index in [1.54, 1.807) is 10.6 Å². The van der Waals surface area contributed by atoms with E-state index in [1.165, 1.54) is 18.9 Å². The number of nitrogens with two attached hydrogens (primary N) is 1. The summed E-state index contributed by atoms with van der Waals surface area (Å²) in [5, 5.41) is 4.54. The van der Waals surface area contributed by atoms with Crippen LogP contribution in [0.5, 0.6) is 0 Å². The Balaban J connectivity index is 1.26. The van der Waals surface area contributed by atoms with Crippen LogP contribution < -0.4 is 11.1 Å². The smallest absolute Gasteiger partial charge is 0.254 e. The third-order valence-corrected chi connectivity index (χ3v) is 10.7. The second-order valence-electron chi connectivity index (χ2n) is 11.7. The van der Waals surface area contributed by atoms with Crippen molar-refractivity contribution in [3.63, 3.8) is 0 Å². The molecule has 2 aromatic heterocycles. The van der Waals surface area contributed by atoms with Gasteiger partial charge in [-0.05, 0) is 79.0 Å². The third kappa shape index (κ3) is 3.50. The summed E-state index contributed by atoms with van der Waals surface area (Å²) in [6.45, 7) is 2.14. The lowest BCUT2D eigenvalue weighted by atomic mass is 10.1. The monoisotopic (exact) mass is 546 g/mol. The standard InChI is InChI=1S/C29H31FN6O2S/c1-34-27-19(30)10-18(29(37)36-14-17-4-6-21(36)24(17)31)11-20(27)33-28(34)22-12-16-5-7-23-25(32-8-9-39(23)38)26(16)35(22)13-15-2-3-15/h5,7,10-12,15,17,21,24,32H,2-4,6,8-9,13-14,31H2,1H3/t17-,21-,24-,39?/m1/s1. The number of rotatable bonds is 4. The largest absolute Gasteiger partial charge is 0.611 e. The highest BCUT2D eigenvalue weighted by Gasteiger charge is 2.47. The first-order chi connectivity index (χ1) is 18.9. The molecule has 39 heavy (non-hydrogen) atoms. The van der Waals surface area contributed by atoms with E-state index < -0.39 is 17.0 Å². The minimum Gasteiger partial charge on any atom is -0.611 e. The quantitative estimate of drug-likeness (QED) is 0.379. The van der Waals surface area contributed by atoms with E-state index in [4.69, 9.17) is 10.7 Å². The van der Waals surface area contributed by atoms with Gasteiger partial charge in [-0.2, -0.15) is 0 Å². The number of amides is 1. The summed E-state index contributed by atoms with van der Waals surface area (Å²) in [5.74, 6) is 1.55. The first kappa shape index (κ1) is 23.8. The Bertz CT molecular complexity index is 1680. The summed E-state index contributed by atoms with van der Waals surface area (Å²) < 4.78 is 32.5. The zero-order valence-corrected chi connectivity index (χ0v) is 22.6. The van der Waals surface area contributed by atoms with Gasteiger partial charge < -0.3 is 29.6 Å². The predicted octanol–water partition coefficient (Wildman–Crippen LogP) is 3.84. The number of carbonyl (C=O) groups is 1. The fourth-order valence-electron chi connectivity index (χ4n) is 7.11. The van der Waals surface area contributed by atoms with Crippen molar-refractivity contribution >= 4 is 44.7 Å². The van der Waals surface area contributed by atoms with E-state index >= 15 is 4.39 Å². The minimum absolute atomic E-state index is 0.00929. The average Bonchev–Trinajstić information content (AvgIpc) is 3.30. The molecule has 10 heteroatoms. The SMILES string of the molecule is Cn1c(-c2cc3ccc4c(c3n2CC2CC2)NCC[S+]4[O-])nc2cc(C(=O)N3C[C@H]4CC[C@@H]3[C@@H]4N)cc(F)c21. The predicted molar refractivity (Wildman–Crippen MR) is 150 cm³/mol. The maximum Gasteiger partial charge on any atom is 0.254 e. The number of anilines is 1. The number of likely N-dealkylation sites (tertiary alicyclic amines) is 1. The maximum atomic E-state index is 15.6. The summed E-state index contributed by atoms with van der Waals surface area (Å²) in [4.78, 5) is 21.0. The number of halogens is 1. The number of nitrogens with one attached hydrogen (secondary N) is 1. The molecule has 1 saturated heterocycles. The molecule has 2 aliphatic carbocycles. The fraction of sp³-hybridized carbons (Fsp3) is 0.448. The number of hydrogen-bond acceptors (Lipinski definition) is 5. The zero-order chi connectivity index (χ0) is 26.6. The molecule has 2 aliphatic heterocycles. The molecule has 8 rings (SSSR count). The number of benzene rings is 2. The van der Waals surface area contributed by atoms with E-state index in [2.05, 4.69) is 16.0 Å². The van der Waals surface area contributed by atoms with Crippen molar-refractivity contribution in [1.82, 2.24) is 19.0 Å². The maximum absolute atomic E-state index is 15.6. The number of carbonyl (C=O) groups excluding carboxylic acids is 1. The van der Waals surface area contributed by atoms with Gasteiger partial charge in [0, 0.05) is 43.2 Å². The van der Waals surface area contributed by atoms with Crippen LogP contribution in [0.4, 0.5) is 10.1 Å². The molecule has 202 valence electrons. The van der Waals surface area contributed by atoms with Crippen LogP contribution in [-0.2, 0) is 24.8 Å². The zero-order valence-electron chi connectivity index (χ0n) is 21.8. The number of imidazole rings is 1. The second-order valence-corrected chi connectivity index (χ2v) is 13.2. The van der Waals surface area contributed by atoms with Gasteiger partial charge in [0.05, 0.1) is 23.3 Å². The van der Waals surface area contributed by atoms with E-state index in [1.807, 2.05) is 24.1 Å². The summed E-state index contributed by atoms with van der Waals surface area (Å²) in [6, 6.07) is 9.20. The van der Waals surface area contributed by atoms with Crippen LogP contribution in [-0.4, -0.2) is 60.4 Å². The lowest BCUT2D eigenvalue weighted by Gasteiger charge is -2.27. The lowest BCUT2D eigenvalue weighted by molar-refractivity contribution is 0.0700. The van der Waals surface area contributed by atoms with Gasteiger partial charge in [0.2, 0.25) is 0 Å². The van der Waals surface area contributed by atoms with E-state index in [0.29, 0.717) is 53.1 Å². The molecule has 1 amide bonds. The summed E-state index contributed by atoms with van der Waals surface area (Å²) in [6.07, 6.45) is 4.32. The van der Waals surface area contributed by atoms with Crippen LogP contribution in [0.25, 0.3) is 33.5 Å². The highest BCUT2D eigenvalue weighted by molar-refractivity contribution is 7.91. The van der Waals surface area contributed by atoms with Gasteiger partial charge in [-0.3, -0.25) is 4.79 Å². The normalized spacial score (nSPS) is 26.0. The fourth-order valence-corrected chi connectivity index (χ4v) is 8.24. The Morgan fingerprint density at radius 1 is 1.21 bits per heavy atom. The van der Waals surface area contributed by atoms with Crippen LogP contribution in [0.3, 0.4) is 0 Å². The van der Waals surface area contributed by atoms with Gasteiger partial charge in [-0.25, -0.2) is 9.37 Å². The number of piperidine rings is 1. The first-order valence-corrected chi connectivity index (χ1v) is 15.2. The number of aryl methyl sites for hydroxylation is 1. The van der Waals surface area contributed by atoms with Crippen molar-refractivity contribution in [2.75, 3.05) is 24.2 Å². The van der Waals surface area contributed by atoms with E-state index in [9.17, 15) is 9.35 Å². The minimum atomic E-state index is -1.03. The van der Waals surface area contributed by atoms with E-state index in [-0.39, 0.29) is 18.0 Å². The Morgan fingerprint density at radius 2 is 2.05 bits per heavy atom. The Labute approximate surface area is 228 Å². The molecule has 0 radical (unpaired) electrons. The molecule has 4 aromatic rings. The number of aromatic nitrogens is 3. The highest BCUT2D eigenvalue weighted by Crippen LogP contribution is 2.42. The molecule has 2 bridgehead atoms. The van der Waals surface area contributed by atoms with Crippen LogP contribution >= 0.6 is 0 Å². The van der Waals surface area contributed by atoms with Gasteiger partial charge >= 0.3 is 0 Å². The molecule has 8 nitrogen and oxygen atoms in total. The number of nitrogens with zero attached hydrogens (tertiary/aromatic N) is 4. The molecule has 3 fully saturated rings. The van der Waals surface area contributed by atoms with Crippen LogP contribution in [0.2, 0.25) is 0 Å². The van der Waals surface area contributed by atoms with Crippen molar-refractivity contribution in [3.05, 3.63) is 41.7 Å². The average molecular weight is 547 g/mol. The third-order valence-electron chi connectivity index (χ3n) is 9.31. The topological polar surface area (TPSA) is 104 Å². The molecule has 4 heterocycles. The summed E-state index contributed by atoms with van der Waals surface area (Å²) in [5.41, 5.74) is 10.4. The molecule has 1 unspecified atom stereocenters. The molecule has 2 aromatic carbocycles. The summed E-state index contributed by atoms with van der Waals surface area (Å²) in [7, 11) is 1.83. The lowest BCUT2D eigenvalue weighted by Crippen LogP contribution is -2.41. The van der Waals surface area contributed by atoms with Crippen molar-refractivity contribution in [2.24, 2.45) is 24.6 Å². The van der Waals surface area contributed by atoms with Crippen LogP contribution in [0.15, 0.2) is 35.2 Å². The summed E-state index contributed by atoms with van der Waals surface area (Å²) >= 11 is -1.03. The molecular weight excluding hydrogens is 515 g/mol. The van der Waals surface area contributed by atoms with Gasteiger partial charge in [0.15, 0.2) is 10.7 Å². The Hall–Kier alpha value is -3.08.